The third kappa shape index (κ3) is 4.43. The number of rotatable bonds is 4. The Morgan fingerprint density at radius 3 is 2.29 bits per heavy atom. The lowest BCUT2D eigenvalue weighted by Crippen LogP contribution is -2.12. The third-order valence-corrected chi connectivity index (χ3v) is 3.08. The Balaban J connectivity index is 2.64. The van der Waals surface area contributed by atoms with Gasteiger partial charge in [0.2, 0.25) is 0 Å². The van der Waals surface area contributed by atoms with Crippen molar-refractivity contribution in [2.45, 2.75) is 26.2 Å². The van der Waals surface area contributed by atoms with Crippen LogP contribution in [0.4, 0.5) is 0 Å². The predicted octanol–water partition coefficient (Wildman–Crippen LogP) is 3.50. The van der Waals surface area contributed by atoms with Crippen molar-refractivity contribution in [3.05, 3.63) is 35.4 Å². The number of carbonyl (C=O) groups excluding carboxylic acids is 1. The van der Waals surface area contributed by atoms with Gasteiger partial charge < -0.3 is 4.74 Å². The van der Waals surface area contributed by atoms with Gasteiger partial charge in [0, 0.05) is 5.75 Å². The predicted molar refractivity (Wildman–Crippen MR) is 73.8 cm³/mol. The number of hydrogen-bond acceptors (Lipinski definition) is 3. The Hall–Kier alpha value is -0.960. The minimum Gasteiger partial charge on any atom is -0.461 e. The molecule has 1 aromatic rings. The standard InChI is InChI=1S/C14H20O2S/c1-14(2,3)12-7-5-11(6-8-12)13(15)16-9-10-17-4/h5-8H,9-10H2,1-4H3. The van der Waals surface area contributed by atoms with Crippen molar-refractivity contribution in [3.63, 3.8) is 0 Å². The van der Waals surface area contributed by atoms with Gasteiger partial charge >= 0.3 is 5.97 Å². The molecule has 0 aliphatic rings. The lowest BCUT2D eigenvalue weighted by molar-refractivity contribution is 0.0530. The van der Waals surface area contributed by atoms with Gasteiger partial charge in [0.25, 0.3) is 0 Å². The first kappa shape index (κ1) is 14.1. The summed E-state index contributed by atoms with van der Waals surface area (Å²) in [4.78, 5) is 11.6. The first-order chi connectivity index (χ1) is 7.95. The molecule has 94 valence electrons. The van der Waals surface area contributed by atoms with Crippen molar-refractivity contribution >= 4 is 17.7 Å². The van der Waals surface area contributed by atoms with E-state index in [0.29, 0.717) is 12.2 Å². The van der Waals surface area contributed by atoms with Crippen molar-refractivity contribution in [1.82, 2.24) is 0 Å². The highest BCUT2D eigenvalue weighted by Crippen LogP contribution is 2.22. The number of esters is 1. The van der Waals surface area contributed by atoms with E-state index in [1.807, 2.05) is 30.5 Å². The molecule has 0 radical (unpaired) electrons. The maximum atomic E-state index is 11.6. The molecule has 0 heterocycles. The normalized spacial score (nSPS) is 11.3. The Bertz CT molecular complexity index is 363. The molecule has 17 heavy (non-hydrogen) atoms. The van der Waals surface area contributed by atoms with E-state index in [1.165, 1.54) is 5.56 Å². The van der Waals surface area contributed by atoms with Crippen LogP contribution in [0, 0.1) is 0 Å². The number of hydrogen-bond donors (Lipinski definition) is 0. The van der Waals surface area contributed by atoms with Crippen LogP contribution >= 0.6 is 11.8 Å². The molecule has 0 atom stereocenters. The van der Waals surface area contributed by atoms with Gasteiger partial charge in [-0.1, -0.05) is 32.9 Å². The van der Waals surface area contributed by atoms with Gasteiger partial charge in [-0.25, -0.2) is 4.79 Å². The summed E-state index contributed by atoms with van der Waals surface area (Å²) in [6.07, 6.45) is 1.99. The van der Waals surface area contributed by atoms with Gasteiger partial charge in [0.1, 0.15) is 6.61 Å². The Labute approximate surface area is 108 Å². The van der Waals surface area contributed by atoms with E-state index >= 15 is 0 Å². The van der Waals surface area contributed by atoms with E-state index in [2.05, 4.69) is 20.8 Å². The smallest absolute Gasteiger partial charge is 0.338 e. The molecule has 0 amide bonds. The molecule has 0 aromatic heterocycles. The van der Waals surface area contributed by atoms with E-state index in [9.17, 15) is 4.79 Å². The summed E-state index contributed by atoms with van der Waals surface area (Å²) >= 11 is 1.67. The van der Waals surface area contributed by atoms with Gasteiger partial charge in [-0.15, -0.1) is 0 Å². The average Bonchev–Trinajstić information content (AvgIpc) is 2.28. The molecule has 3 heteroatoms. The largest absolute Gasteiger partial charge is 0.461 e. The molecule has 0 saturated heterocycles. The molecule has 2 nitrogen and oxygen atoms in total. The first-order valence-electron chi connectivity index (χ1n) is 5.72. The second kappa shape index (κ2) is 6.10. The zero-order chi connectivity index (χ0) is 12.9. The van der Waals surface area contributed by atoms with Gasteiger partial charge in [0.15, 0.2) is 0 Å². The lowest BCUT2D eigenvalue weighted by atomic mass is 9.87. The SMILES string of the molecule is CSCCOC(=O)c1ccc(C(C)(C)C)cc1. The topological polar surface area (TPSA) is 26.3 Å². The van der Waals surface area contributed by atoms with Crippen LogP contribution in [0.2, 0.25) is 0 Å². The monoisotopic (exact) mass is 252 g/mol. The highest BCUT2D eigenvalue weighted by Gasteiger charge is 2.14. The second-order valence-electron chi connectivity index (χ2n) is 4.96. The summed E-state index contributed by atoms with van der Waals surface area (Å²) in [6, 6.07) is 7.65. The van der Waals surface area contributed by atoms with Crippen molar-refractivity contribution in [2.24, 2.45) is 0 Å². The van der Waals surface area contributed by atoms with E-state index in [4.69, 9.17) is 4.74 Å². The number of carbonyl (C=O) groups is 1. The van der Waals surface area contributed by atoms with Crippen LogP contribution in [-0.4, -0.2) is 24.6 Å². The second-order valence-corrected chi connectivity index (χ2v) is 5.94. The minimum atomic E-state index is -0.237. The molecule has 0 fully saturated rings. The summed E-state index contributed by atoms with van der Waals surface area (Å²) in [5.74, 6) is 0.603. The molecular formula is C14H20O2S. The van der Waals surface area contributed by atoms with Crippen molar-refractivity contribution in [2.75, 3.05) is 18.6 Å². The van der Waals surface area contributed by atoms with Crippen molar-refractivity contribution in [3.8, 4) is 0 Å². The summed E-state index contributed by atoms with van der Waals surface area (Å²) in [6.45, 7) is 6.93. The van der Waals surface area contributed by atoms with Crippen LogP contribution in [0.5, 0.6) is 0 Å². The number of ether oxygens (including phenoxy) is 1. The Kier molecular flexibility index (Phi) is 5.06. The average molecular weight is 252 g/mol. The van der Waals surface area contributed by atoms with Crippen LogP contribution in [0.1, 0.15) is 36.7 Å². The van der Waals surface area contributed by atoms with Gasteiger partial charge in [0.05, 0.1) is 5.56 Å². The van der Waals surface area contributed by atoms with Crippen molar-refractivity contribution < 1.29 is 9.53 Å². The number of thioether (sulfide) groups is 1. The van der Waals surface area contributed by atoms with Gasteiger partial charge in [-0.05, 0) is 29.4 Å². The maximum Gasteiger partial charge on any atom is 0.338 e. The zero-order valence-corrected chi connectivity index (χ0v) is 11.8. The fourth-order valence-corrected chi connectivity index (χ4v) is 1.66. The molecule has 0 spiro atoms. The molecule has 0 saturated carbocycles. The van der Waals surface area contributed by atoms with E-state index < -0.39 is 0 Å². The maximum absolute atomic E-state index is 11.6. The van der Waals surface area contributed by atoms with E-state index in [0.717, 1.165) is 5.75 Å². The van der Waals surface area contributed by atoms with Crippen molar-refractivity contribution in [1.29, 1.82) is 0 Å². The van der Waals surface area contributed by atoms with Gasteiger partial charge in [-0.2, -0.15) is 11.8 Å². The van der Waals surface area contributed by atoms with Crippen LogP contribution in [0.25, 0.3) is 0 Å². The van der Waals surface area contributed by atoms with Gasteiger partial charge in [-0.3, -0.25) is 0 Å². The third-order valence-electron chi connectivity index (χ3n) is 2.51. The fourth-order valence-electron chi connectivity index (χ4n) is 1.41. The molecule has 1 rings (SSSR count). The highest BCUT2D eigenvalue weighted by molar-refractivity contribution is 7.98. The molecule has 0 unspecified atom stereocenters. The number of benzene rings is 1. The molecule has 0 bridgehead atoms. The summed E-state index contributed by atoms with van der Waals surface area (Å²) < 4.78 is 5.13. The first-order valence-corrected chi connectivity index (χ1v) is 7.11. The molecule has 0 aliphatic carbocycles. The van der Waals surface area contributed by atoms with Crippen LogP contribution in [0.3, 0.4) is 0 Å². The minimum absolute atomic E-state index is 0.112. The highest BCUT2D eigenvalue weighted by atomic mass is 32.2. The molecule has 0 N–H and O–H groups in total. The summed E-state index contributed by atoms with van der Waals surface area (Å²) in [7, 11) is 0. The molecular weight excluding hydrogens is 232 g/mol. The lowest BCUT2D eigenvalue weighted by Gasteiger charge is -2.18. The van der Waals surface area contributed by atoms with E-state index in [-0.39, 0.29) is 11.4 Å². The summed E-state index contributed by atoms with van der Waals surface area (Å²) in [5, 5.41) is 0. The quantitative estimate of drug-likeness (QED) is 0.606. The Morgan fingerprint density at radius 1 is 1.24 bits per heavy atom. The van der Waals surface area contributed by atoms with Crippen LogP contribution in [0.15, 0.2) is 24.3 Å². The van der Waals surface area contributed by atoms with Crippen LogP contribution < -0.4 is 0 Å². The summed E-state index contributed by atoms with van der Waals surface area (Å²) in [5.41, 5.74) is 1.96. The Morgan fingerprint density at radius 2 is 1.82 bits per heavy atom. The van der Waals surface area contributed by atoms with Crippen LogP contribution in [-0.2, 0) is 10.2 Å². The molecule has 0 aliphatic heterocycles. The van der Waals surface area contributed by atoms with E-state index in [1.54, 1.807) is 11.8 Å². The fraction of sp³-hybridized carbons (Fsp3) is 0.500. The molecule has 1 aromatic carbocycles. The zero-order valence-electron chi connectivity index (χ0n) is 10.9.